The largest absolute Gasteiger partial charge is 0.308 e. The van der Waals surface area contributed by atoms with E-state index in [1.807, 2.05) is 55.5 Å². The van der Waals surface area contributed by atoms with Crippen LogP contribution in [-0.2, 0) is 17.8 Å². The fourth-order valence-corrected chi connectivity index (χ4v) is 2.63. The highest BCUT2D eigenvalue weighted by Gasteiger charge is 2.17. The zero-order valence-corrected chi connectivity index (χ0v) is 14.6. The van der Waals surface area contributed by atoms with Crippen LogP contribution >= 0.6 is 0 Å². The van der Waals surface area contributed by atoms with E-state index >= 15 is 0 Å². The molecule has 128 valence electrons. The number of aromatic nitrogens is 2. The van der Waals surface area contributed by atoms with Gasteiger partial charge in [-0.05, 0) is 54.4 Å². The van der Waals surface area contributed by atoms with Crippen LogP contribution in [0.3, 0.4) is 0 Å². The topological polar surface area (TPSA) is 46.1 Å². The third-order valence-electron chi connectivity index (χ3n) is 4.04. The van der Waals surface area contributed by atoms with Crippen molar-refractivity contribution in [3.63, 3.8) is 0 Å². The molecule has 0 N–H and O–H groups in total. The molecule has 0 aliphatic heterocycles. The van der Waals surface area contributed by atoms with E-state index in [1.54, 1.807) is 23.5 Å². The Kier molecular flexibility index (Phi) is 5.40. The van der Waals surface area contributed by atoms with Gasteiger partial charge in [-0.15, -0.1) is 6.42 Å². The lowest BCUT2D eigenvalue weighted by atomic mass is 10.1. The normalized spacial score (nSPS) is 10.2. The lowest BCUT2D eigenvalue weighted by Crippen LogP contribution is -2.31. The number of hydrogen-bond donors (Lipinski definition) is 0. The minimum Gasteiger partial charge on any atom is -0.308 e. The predicted octanol–water partition coefficient (Wildman–Crippen LogP) is 3.54. The van der Waals surface area contributed by atoms with Crippen LogP contribution in [-0.4, -0.2) is 15.9 Å². The summed E-state index contributed by atoms with van der Waals surface area (Å²) in [5, 5.41) is 0. The summed E-state index contributed by atoms with van der Waals surface area (Å²) in [4.78, 5) is 23.1. The summed E-state index contributed by atoms with van der Waals surface area (Å²) in [6.45, 7) is 2.38. The predicted molar refractivity (Wildman–Crippen MR) is 102 cm³/mol. The summed E-state index contributed by atoms with van der Waals surface area (Å²) in [6, 6.07) is 15.1. The van der Waals surface area contributed by atoms with E-state index in [4.69, 9.17) is 6.42 Å². The number of nitrogens with zero attached hydrogens (tertiary/aromatic N) is 3. The average Bonchev–Trinajstić information content (AvgIpc) is 2.68. The molecule has 26 heavy (non-hydrogen) atoms. The van der Waals surface area contributed by atoms with Crippen molar-refractivity contribution in [2.24, 2.45) is 0 Å². The van der Waals surface area contributed by atoms with Crippen molar-refractivity contribution in [1.29, 1.82) is 0 Å². The number of carbonyl (C=O) groups is 1. The van der Waals surface area contributed by atoms with Crippen LogP contribution in [0.15, 0.2) is 67.1 Å². The molecule has 0 aliphatic rings. The Morgan fingerprint density at radius 2 is 1.92 bits per heavy atom. The van der Waals surface area contributed by atoms with Crippen LogP contribution in [0.4, 0.5) is 5.69 Å². The minimum atomic E-state index is -0.0124. The minimum absolute atomic E-state index is 0.0124. The Hall–Kier alpha value is -3.45. The van der Waals surface area contributed by atoms with Crippen LogP contribution in [0.5, 0.6) is 0 Å². The fraction of sp³-hybridized carbons (Fsp3) is 0.136. The molecule has 1 aromatic carbocycles. The first kappa shape index (κ1) is 17.4. The number of benzene rings is 1. The molecule has 0 bridgehead atoms. The van der Waals surface area contributed by atoms with E-state index in [0.29, 0.717) is 6.54 Å². The summed E-state index contributed by atoms with van der Waals surface area (Å²) in [7, 11) is 0. The zero-order chi connectivity index (χ0) is 18.4. The Balaban J connectivity index is 1.89. The van der Waals surface area contributed by atoms with Crippen molar-refractivity contribution in [3.05, 3.63) is 89.5 Å². The van der Waals surface area contributed by atoms with Crippen LogP contribution in [0, 0.1) is 19.3 Å². The van der Waals surface area contributed by atoms with Crippen LogP contribution in [0.1, 0.15) is 22.4 Å². The van der Waals surface area contributed by atoms with Crippen molar-refractivity contribution in [1.82, 2.24) is 9.97 Å². The summed E-state index contributed by atoms with van der Waals surface area (Å²) in [5.74, 6) is 2.61. The van der Waals surface area contributed by atoms with Crippen molar-refractivity contribution >= 4 is 11.6 Å². The number of anilines is 1. The van der Waals surface area contributed by atoms with Crippen LogP contribution < -0.4 is 4.90 Å². The maximum absolute atomic E-state index is 13.0. The molecule has 0 saturated carbocycles. The number of hydrogen-bond acceptors (Lipinski definition) is 3. The van der Waals surface area contributed by atoms with Gasteiger partial charge in [0.15, 0.2) is 0 Å². The lowest BCUT2D eigenvalue weighted by molar-refractivity contribution is -0.118. The van der Waals surface area contributed by atoms with Gasteiger partial charge in [0.25, 0.3) is 0 Å². The van der Waals surface area contributed by atoms with Crippen LogP contribution in [0.25, 0.3) is 0 Å². The highest BCUT2D eigenvalue weighted by atomic mass is 16.2. The molecule has 2 aromatic heterocycles. The number of aryl methyl sites for hydroxylation is 1. The van der Waals surface area contributed by atoms with Gasteiger partial charge in [-0.3, -0.25) is 14.8 Å². The Morgan fingerprint density at radius 3 is 2.62 bits per heavy atom. The molecular formula is C22H19N3O. The quantitative estimate of drug-likeness (QED) is 0.667. The first-order valence-corrected chi connectivity index (χ1v) is 8.33. The SMILES string of the molecule is C#Cc1cccc(N(Cc2ccncc2)C(=O)Cc2ccc(C)nc2)c1. The van der Waals surface area contributed by atoms with E-state index in [1.165, 1.54) is 0 Å². The van der Waals surface area contributed by atoms with Gasteiger partial charge in [-0.1, -0.05) is 18.1 Å². The maximum Gasteiger partial charge on any atom is 0.231 e. The number of amides is 1. The second-order valence-corrected chi connectivity index (χ2v) is 6.01. The number of carbonyl (C=O) groups excluding carboxylic acids is 1. The van der Waals surface area contributed by atoms with Gasteiger partial charge < -0.3 is 4.90 Å². The lowest BCUT2D eigenvalue weighted by Gasteiger charge is -2.23. The molecule has 4 nitrogen and oxygen atoms in total. The van der Waals surface area contributed by atoms with Crippen molar-refractivity contribution in [2.45, 2.75) is 19.9 Å². The highest BCUT2D eigenvalue weighted by Crippen LogP contribution is 2.20. The third-order valence-corrected chi connectivity index (χ3v) is 4.04. The van der Waals surface area contributed by atoms with E-state index in [0.717, 1.165) is 28.1 Å². The van der Waals surface area contributed by atoms with E-state index in [-0.39, 0.29) is 12.3 Å². The first-order valence-electron chi connectivity index (χ1n) is 8.33. The third kappa shape index (κ3) is 4.34. The van der Waals surface area contributed by atoms with Crippen molar-refractivity contribution in [3.8, 4) is 12.3 Å². The van der Waals surface area contributed by atoms with Gasteiger partial charge >= 0.3 is 0 Å². The fourth-order valence-electron chi connectivity index (χ4n) is 2.63. The summed E-state index contributed by atoms with van der Waals surface area (Å²) >= 11 is 0. The smallest absolute Gasteiger partial charge is 0.231 e. The van der Waals surface area contributed by atoms with E-state index in [9.17, 15) is 4.79 Å². The number of pyridine rings is 2. The molecule has 0 aliphatic carbocycles. The highest BCUT2D eigenvalue weighted by molar-refractivity contribution is 5.94. The number of rotatable bonds is 5. The van der Waals surface area contributed by atoms with Crippen molar-refractivity contribution in [2.75, 3.05) is 4.90 Å². The zero-order valence-electron chi connectivity index (χ0n) is 14.6. The van der Waals surface area contributed by atoms with Gasteiger partial charge in [0.05, 0.1) is 13.0 Å². The van der Waals surface area contributed by atoms with E-state index in [2.05, 4.69) is 15.9 Å². The van der Waals surface area contributed by atoms with Gasteiger partial charge in [-0.25, -0.2) is 0 Å². The summed E-state index contributed by atoms with van der Waals surface area (Å²) < 4.78 is 0. The van der Waals surface area contributed by atoms with E-state index < -0.39 is 0 Å². The Bertz CT molecular complexity index is 928. The van der Waals surface area contributed by atoms with Crippen LogP contribution in [0.2, 0.25) is 0 Å². The standard InChI is InChI=1S/C22H19N3O/c1-3-18-5-4-6-21(13-18)25(16-19-9-11-23-12-10-19)22(26)14-20-8-7-17(2)24-15-20/h1,4-13,15H,14,16H2,2H3. The molecule has 0 saturated heterocycles. The summed E-state index contributed by atoms with van der Waals surface area (Å²) in [5.41, 5.74) is 4.33. The molecular weight excluding hydrogens is 322 g/mol. The second kappa shape index (κ2) is 8.09. The summed E-state index contributed by atoms with van der Waals surface area (Å²) in [6.07, 6.45) is 11.0. The van der Waals surface area contributed by atoms with Gasteiger partial charge in [-0.2, -0.15) is 0 Å². The van der Waals surface area contributed by atoms with Gasteiger partial charge in [0, 0.05) is 35.5 Å². The Labute approximate surface area is 153 Å². The first-order chi connectivity index (χ1) is 12.7. The molecule has 0 unspecified atom stereocenters. The number of terminal acetylenes is 1. The molecule has 3 rings (SSSR count). The molecule has 0 fully saturated rings. The monoisotopic (exact) mass is 341 g/mol. The molecule has 0 radical (unpaired) electrons. The molecule has 2 heterocycles. The maximum atomic E-state index is 13.0. The average molecular weight is 341 g/mol. The molecule has 3 aromatic rings. The molecule has 0 spiro atoms. The molecule has 4 heteroatoms. The molecule has 1 amide bonds. The second-order valence-electron chi connectivity index (χ2n) is 6.01. The Morgan fingerprint density at radius 1 is 1.12 bits per heavy atom. The van der Waals surface area contributed by atoms with Crippen molar-refractivity contribution < 1.29 is 4.79 Å². The van der Waals surface area contributed by atoms with Gasteiger partial charge in [0.1, 0.15) is 0 Å². The molecule has 0 atom stereocenters. The van der Waals surface area contributed by atoms with Gasteiger partial charge in [0.2, 0.25) is 5.91 Å².